The Morgan fingerprint density at radius 1 is 1.06 bits per heavy atom. The number of fused-ring (bicyclic) bond motifs is 1. The molecular formula is C24H27N3O3S. The highest BCUT2D eigenvalue weighted by molar-refractivity contribution is 7.89. The number of nitrogens with zero attached hydrogens (tertiary/aromatic N) is 3. The predicted octanol–water partition coefficient (Wildman–Crippen LogP) is 3.68. The molecule has 0 spiro atoms. The number of aromatic nitrogens is 1. The van der Waals surface area contributed by atoms with Gasteiger partial charge in [0.2, 0.25) is 15.9 Å². The van der Waals surface area contributed by atoms with Crippen LogP contribution in [0.15, 0.2) is 71.8 Å². The SMILES string of the molecule is CCN(Cc1ccccc1)C(=O)C1CCN(S(=O)(=O)c2ccc3ncccc3c2)CC1. The van der Waals surface area contributed by atoms with Crippen LogP contribution in [0.5, 0.6) is 0 Å². The van der Waals surface area contributed by atoms with Crippen molar-refractivity contribution >= 4 is 26.8 Å². The fourth-order valence-corrected chi connectivity index (χ4v) is 5.62. The van der Waals surface area contributed by atoms with Crippen molar-refractivity contribution < 1.29 is 13.2 Å². The summed E-state index contributed by atoms with van der Waals surface area (Å²) in [5.74, 6) is -0.0314. The number of carbonyl (C=O) groups is 1. The van der Waals surface area contributed by atoms with E-state index in [9.17, 15) is 13.2 Å². The fraction of sp³-hybridized carbons (Fsp3) is 0.333. The van der Waals surface area contributed by atoms with Crippen LogP contribution in [0.2, 0.25) is 0 Å². The Kier molecular flexibility index (Phi) is 6.34. The van der Waals surface area contributed by atoms with Gasteiger partial charge in [-0.2, -0.15) is 4.31 Å². The Morgan fingerprint density at radius 2 is 1.81 bits per heavy atom. The molecule has 0 saturated carbocycles. The van der Waals surface area contributed by atoms with Crippen molar-refractivity contribution in [3.8, 4) is 0 Å². The van der Waals surface area contributed by atoms with Crippen molar-refractivity contribution in [3.05, 3.63) is 72.4 Å². The van der Waals surface area contributed by atoms with Crippen LogP contribution in [0.25, 0.3) is 10.9 Å². The Balaban J connectivity index is 1.42. The molecule has 0 bridgehead atoms. The van der Waals surface area contributed by atoms with E-state index in [-0.39, 0.29) is 16.7 Å². The minimum Gasteiger partial charge on any atom is -0.338 e. The van der Waals surface area contributed by atoms with Gasteiger partial charge in [0.15, 0.2) is 0 Å². The van der Waals surface area contributed by atoms with Gasteiger partial charge in [-0.1, -0.05) is 36.4 Å². The highest BCUT2D eigenvalue weighted by Gasteiger charge is 2.33. The van der Waals surface area contributed by atoms with E-state index in [1.54, 1.807) is 30.5 Å². The lowest BCUT2D eigenvalue weighted by Gasteiger charge is -2.33. The number of rotatable bonds is 6. The summed E-state index contributed by atoms with van der Waals surface area (Å²) >= 11 is 0. The van der Waals surface area contributed by atoms with E-state index in [2.05, 4.69) is 4.98 Å². The predicted molar refractivity (Wildman–Crippen MR) is 121 cm³/mol. The zero-order valence-corrected chi connectivity index (χ0v) is 18.5. The van der Waals surface area contributed by atoms with Crippen molar-refractivity contribution in [2.45, 2.75) is 31.2 Å². The second-order valence-corrected chi connectivity index (χ2v) is 9.81. The number of carbonyl (C=O) groups excluding carboxylic acids is 1. The van der Waals surface area contributed by atoms with Gasteiger partial charge in [0.05, 0.1) is 10.4 Å². The average molecular weight is 438 g/mol. The third kappa shape index (κ3) is 4.62. The highest BCUT2D eigenvalue weighted by atomic mass is 32.2. The second-order valence-electron chi connectivity index (χ2n) is 7.87. The van der Waals surface area contributed by atoms with Crippen molar-refractivity contribution in [1.29, 1.82) is 0 Å². The number of benzene rings is 2. The lowest BCUT2D eigenvalue weighted by molar-refractivity contribution is -0.137. The van der Waals surface area contributed by atoms with Crippen LogP contribution in [-0.2, 0) is 21.4 Å². The molecule has 2 heterocycles. The van der Waals surface area contributed by atoms with E-state index >= 15 is 0 Å². The molecule has 0 atom stereocenters. The summed E-state index contributed by atoms with van der Waals surface area (Å²) in [4.78, 5) is 19.4. The molecule has 1 saturated heterocycles. The lowest BCUT2D eigenvalue weighted by Crippen LogP contribution is -2.44. The van der Waals surface area contributed by atoms with Crippen LogP contribution < -0.4 is 0 Å². The molecule has 31 heavy (non-hydrogen) atoms. The van der Waals surface area contributed by atoms with Crippen LogP contribution >= 0.6 is 0 Å². The Labute approximate surface area is 183 Å². The van der Waals surface area contributed by atoms with Crippen molar-refractivity contribution in [2.24, 2.45) is 5.92 Å². The van der Waals surface area contributed by atoms with Crippen molar-refractivity contribution in [1.82, 2.24) is 14.2 Å². The van der Waals surface area contributed by atoms with Gasteiger partial charge >= 0.3 is 0 Å². The first-order valence-electron chi connectivity index (χ1n) is 10.7. The quantitative estimate of drug-likeness (QED) is 0.590. The summed E-state index contributed by atoms with van der Waals surface area (Å²) in [7, 11) is -3.60. The fourth-order valence-electron chi connectivity index (χ4n) is 4.11. The molecule has 0 N–H and O–H groups in total. The van der Waals surface area contributed by atoms with Gasteiger partial charge < -0.3 is 4.90 Å². The summed E-state index contributed by atoms with van der Waals surface area (Å²) in [6, 6.07) is 18.6. The van der Waals surface area contributed by atoms with Crippen molar-refractivity contribution in [2.75, 3.05) is 19.6 Å². The van der Waals surface area contributed by atoms with E-state index in [1.165, 1.54) is 4.31 Å². The molecule has 0 unspecified atom stereocenters. The molecule has 162 valence electrons. The van der Waals surface area contributed by atoms with E-state index in [1.807, 2.05) is 48.2 Å². The molecule has 4 rings (SSSR count). The minimum atomic E-state index is -3.60. The van der Waals surface area contributed by atoms with Crippen molar-refractivity contribution in [3.63, 3.8) is 0 Å². The average Bonchev–Trinajstić information content (AvgIpc) is 2.82. The van der Waals surface area contributed by atoms with Gasteiger partial charge in [-0.15, -0.1) is 0 Å². The zero-order valence-electron chi connectivity index (χ0n) is 17.6. The zero-order chi connectivity index (χ0) is 21.8. The van der Waals surface area contributed by atoms with Gasteiger partial charge in [-0.05, 0) is 49.6 Å². The topological polar surface area (TPSA) is 70.6 Å². The lowest BCUT2D eigenvalue weighted by atomic mass is 9.96. The van der Waals surface area contributed by atoms with Crippen LogP contribution in [-0.4, -0.2) is 48.1 Å². The highest BCUT2D eigenvalue weighted by Crippen LogP contribution is 2.27. The smallest absolute Gasteiger partial charge is 0.243 e. The molecule has 3 aromatic rings. The van der Waals surface area contributed by atoms with Crippen LogP contribution in [0, 0.1) is 5.92 Å². The molecular weight excluding hydrogens is 410 g/mol. The summed E-state index contributed by atoms with van der Waals surface area (Å²) in [5.41, 5.74) is 1.87. The first-order chi connectivity index (χ1) is 15.0. The van der Waals surface area contributed by atoms with Gasteiger partial charge in [-0.25, -0.2) is 8.42 Å². The van der Waals surface area contributed by atoms with E-state index in [0.29, 0.717) is 39.0 Å². The monoisotopic (exact) mass is 437 g/mol. The Morgan fingerprint density at radius 3 is 2.52 bits per heavy atom. The van der Waals surface area contributed by atoms with Gasteiger partial charge in [0, 0.05) is 43.7 Å². The summed E-state index contributed by atoms with van der Waals surface area (Å²) < 4.78 is 27.8. The number of sulfonamides is 1. The van der Waals surface area contributed by atoms with Crippen LogP contribution in [0.4, 0.5) is 0 Å². The first-order valence-corrected chi connectivity index (χ1v) is 12.1. The molecule has 1 aliphatic rings. The molecule has 1 aliphatic heterocycles. The maximum absolute atomic E-state index is 13.1. The normalized spacial score (nSPS) is 15.8. The van der Waals surface area contributed by atoms with E-state index in [0.717, 1.165) is 16.5 Å². The number of amides is 1. The molecule has 6 nitrogen and oxygen atoms in total. The number of hydrogen-bond donors (Lipinski definition) is 0. The molecule has 7 heteroatoms. The maximum Gasteiger partial charge on any atom is 0.243 e. The largest absolute Gasteiger partial charge is 0.338 e. The molecule has 2 aromatic carbocycles. The molecule has 0 aliphatic carbocycles. The van der Waals surface area contributed by atoms with Gasteiger partial charge in [-0.3, -0.25) is 9.78 Å². The summed E-state index contributed by atoms with van der Waals surface area (Å²) in [6.45, 7) is 3.91. The Hall–Kier alpha value is -2.77. The second kappa shape index (κ2) is 9.16. The number of hydrogen-bond acceptors (Lipinski definition) is 4. The third-order valence-corrected chi connectivity index (χ3v) is 7.82. The maximum atomic E-state index is 13.1. The number of pyridine rings is 1. The van der Waals surface area contributed by atoms with E-state index < -0.39 is 10.0 Å². The van der Waals surface area contributed by atoms with E-state index in [4.69, 9.17) is 0 Å². The Bertz CT molecular complexity index is 1160. The van der Waals surface area contributed by atoms with Crippen LogP contribution in [0.3, 0.4) is 0 Å². The molecule has 0 radical (unpaired) electrons. The van der Waals surface area contributed by atoms with Crippen LogP contribution in [0.1, 0.15) is 25.3 Å². The standard InChI is InChI=1S/C24H27N3O3S/c1-2-26(18-19-7-4-3-5-8-19)24(28)20-12-15-27(16-13-20)31(29,30)22-10-11-23-21(17-22)9-6-14-25-23/h3-11,14,17,20H,2,12-13,15-16,18H2,1H3. The summed E-state index contributed by atoms with van der Waals surface area (Å²) in [5, 5.41) is 0.799. The number of piperidine rings is 1. The molecule has 1 fully saturated rings. The minimum absolute atomic E-state index is 0.111. The summed E-state index contributed by atoms with van der Waals surface area (Å²) in [6.07, 6.45) is 2.77. The molecule has 1 aromatic heterocycles. The van der Waals surface area contributed by atoms with Gasteiger partial charge in [0.25, 0.3) is 0 Å². The third-order valence-electron chi connectivity index (χ3n) is 5.93. The van der Waals surface area contributed by atoms with Gasteiger partial charge in [0.1, 0.15) is 0 Å². The first kappa shape index (κ1) is 21.5. The molecule has 1 amide bonds.